The molecule has 0 aliphatic carbocycles. The molecule has 2 aliphatic rings. The molecule has 0 amide bonds. The number of aromatic nitrogens is 3. The van der Waals surface area contributed by atoms with Crippen molar-refractivity contribution in [2.24, 2.45) is 0 Å². The fourth-order valence-electron chi connectivity index (χ4n) is 4.68. The van der Waals surface area contributed by atoms with Crippen LogP contribution in [0.15, 0.2) is 60.8 Å². The molecule has 0 saturated heterocycles. The summed E-state index contributed by atoms with van der Waals surface area (Å²) in [6.45, 7) is 1.00. The van der Waals surface area contributed by atoms with Crippen LogP contribution in [0.3, 0.4) is 0 Å². The molecule has 10 heteroatoms. The van der Waals surface area contributed by atoms with Gasteiger partial charge < -0.3 is 29.2 Å². The Bertz CT molecular complexity index is 1380. The Labute approximate surface area is 207 Å². The van der Waals surface area contributed by atoms with Crippen molar-refractivity contribution in [3.05, 3.63) is 77.7 Å². The van der Waals surface area contributed by atoms with Gasteiger partial charge in [0.05, 0.1) is 18.8 Å². The molecule has 186 valence electrons. The fraction of sp³-hybridized carbons (Fsp3) is 0.308. The fourth-order valence-corrected chi connectivity index (χ4v) is 4.68. The van der Waals surface area contributed by atoms with Gasteiger partial charge in [-0.25, -0.2) is 0 Å². The van der Waals surface area contributed by atoms with Gasteiger partial charge in [0.15, 0.2) is 28.6 Å². The molecule has 0 spiro atoms. The summed E-state index contributed by atoms with van der Waals surface area (Å²) in [5.74, 6) is 3.40. The van der Waals surface area contributed by atoms with Crippen molar-refractivity contribution < 1.29 is 29.2 Å². The second-order valence-electron chi connectivity index (χ2n) is 8.73. The van der Waals surface area contributed by atoms with Crippen LogP contribution >= 0.6 is 0 Å². The molecule has 0 bridgehead atoms. The molecule has 0 saturated carbocycles. The number of aliphatic hydroxyl groups excluding tert-OH is 2. The number of fused-ring (bicyclic) bond motifs is 3. The molecule has 2 N–H and O–H groups in total. The predicted octanol–water partition coefficient (Wildman–Crippen LogP) is 2.50. The van der Waals surface area contributed by atoms with Crippen molar-refractivity contribution in [2.75, 3.05) is 33.3 Å². The highest BCUT2D eigenvalue weighted by atomic mass is 16.7. The van der Waals surface area contributed by atoms with E-state index in [2.05, 4.69) is 15.1 Å². The van der Waals surface area contributed by atoms with Gasteiger partial charge in [-0.3, -0.25) is 9.30 Å². The smallest absolute Gasteiger partial charge is 0.231 e. The van der Waals surface area contributed by atoms with Gasteiger partial charge in [-0.2, -0.15) is 0 Å². The Hall–Kier alpha value is -3.86. The molecule has 6 rings (SSSR count). The van der Waals surface area contributed by atoms with Crippen LogP contribution in [0.2, 0.25) is 0 Å². The molecule has 4 aromatic rings. The van der Waals surface area contributed by atoms with E-state index in [9.17, 15) is 10.2 Å². The maximum Gasteiger partial charge on any atom is 0.231 e. The second kappa shape index (κ2) is 9.65. The highest BCUT2D eigenvalue weighted by Crippen LogP contribution is 2.37. The van der Waals surface area contributed by atoms with Gasteiger partial charge in [0, 0.05) is 25.7 Å². The number of aliphatic hydroxyl groups is 2. The normalized spacial score (nSPS) is 15.5. The summed E-state index contributed by atoms with van der Waals surface area (Å²) >= 11 is 0. The third-order valence-corrected chi connectivity index (χ3v) is 6.59. The molecular weight excluding hydrogens is 464 g/mol. The first-order valence-electron chi connectivity index (χ1n) is 11.8. The molecule has 2 aromatic carbocycles. The van der Waals surface area contributed by atoms with Crippen LogP contribution in [0.5, 0.6) is 23.0 Å². The topological polar surface area (TPSA) is 111 Å². The molecule has 36 heavy (non-hydrogen) atoms. The minimum absolute atomic E-state index is 0.145. The van der Waals surface area contributed by atoms with Gasteiger partial charge in [-0.1, -0.05) is 18.2 Å². The van der Waals surface area contributed by atoms with Gasteiger partial charge in [-0.05, 0) is 47.5 Å². The zero-order valence-corrected chi connectivity index (χ0v) is 19.5. The van der Waals surface area contributed by atoms with E-state index < -0.39 is 6.10 Å². The molecule has 2 atom stereocenters. The predicted molar refractivity (Wildman–Crippen MR) is 128 cm³/mol. The van der Waals surface area contributed by atoms with E-state index in [4.69, 9.17) is 18.9 Å². The minimum atomic E-state index is -0.822. The van der Waals surface area contributed by atoms with Crippen LogP contribution in [0.25, 0.3) is 5.65 Å². The highest BCUT2D eigenvalue weighted by molar-refractivity contribution is 5.46. The van der Waals surface area contributed by atoms with Crippen LogP contribution in [0.1, 0.15) is 29.1 Å². The summed E-state index contributed by atoms with van der Waals surface area (Å²) in [4.78, 5) is 2.05. The van der Waals surface area contributed by atoms with Gasteiger partial charge in [0.1, 0.15) is 5.82 Å². The van der Waals surface area contributed by atoms with Gasteiger partial charge in [0.2, 0.25) is 13.6 Å². The van der Waals surface area contributed by atoms with E-state index in [-0.39, 0.29) is 32.8 Å². The summed E-state index contributed by atoms with van der Waals surface area (Å²) < 4.78 is 23.8. The van der Waals surface area contributed by atoms with E-state index in [1.165, 1.54) is 0 Å². The molecule has 0 unspecified atom stereocenters. The van der Waals surface area contributed by atoms with Crippen molar-refractivity contribution in [1.82, 2.24) is 19.5 Å². The Kier molecular flexibility index (Phi) is 6.06. The Morgan fingerprint density at radius 3 is 2.31 bits per heavy atom. The lowest BCUT2D eigenvalue weighted by Crippen LogP contribution is -2.36. The number of hydrogen-bond donors (Lipinski definition) is 2. The third-order valence-electron chi connectivity index (χ3n) is 6.59. The van der Waals surface area contributed by atoms with E-state index in [0.29, 0.717) is 41.5 Å². The van der Waals surface area contributed by atoms with E-state index in [1.807, 2.05) is 53.1 Å². The average Bonchev–Trinajstić information content (AvgIpc) is 3.66. The van der Waals surface area contributed by atoms with Crippen molar-refractivity contribution in [3.63, 3.8) is 0 Å². The standard InChI is InChI=1S/C26H26N4O6/c31-14-19(17-4-6-21-23(11-17)35-15-33-21)29(10-8-26-28-27-25-3-1-2-9-30(25)26)13-20(32)18-5-7-22-24(12-18)36-16-34-22/h1-7,9,11-12,19-20,31-32H,8,10,13-16H2/t19-,20+/m1/s1. The summed E-state index contributed by atoms with van der Waals surface area (Å²) in [7, 11) is 0. The Balaban J connectivity index is 1.28. The molecule has 2 aliphatic heterocycles. The molecule has 0 radical (unpaired) electrons. The average molecular weight is 491 g/mol. The molecule has 2 aromatic heterocycles. The Morgan fingerprint density at radius 2 is 1.56 bits per heavy atom. The number of benzene rings is 2. The van der Waals surface area contributed by atoms with Gasteiger partial charge in [-0.15, -0.1) is 10.2 Å². The van der Waals surface area contributed by atoms with Crippen molar-refractivity contribution >= 4 is 5.65 Å². The molecule has 4 heterocycles. The summed E-state index contributed by atoms with van der Waals surface area (Å²) in [5, 5.41) is 30.3. The molecular formula is C26H26N4O6. The highest BCUT2D eigenvalue weighted by Gasteiger charge is 2.26. The maximum atomic E-state index is 11.2. The number of nitrogens with zero attached hydrogens (tertiary/aromatic N) is 4. The largest absolute Gasteiger partial charge is 0.454 e. The Morgan fingerprint density at radius 1 is 0.861 bits per heavy atom. The van der Waals surface area contributed by atoms with Crippen molar-refractivity contribution in [3.8, 4) is 23.0 Å². The minimum Gasteiger partial charge on any atom is -0.454 e. The number of ether oxygens (including phenoxy) is 4. The number of pyridine rings is 1. The quantitative estimate of drug-likeness (QED) is 0.366. The van der Waals surface area contributed by atoms with Crippen LogP contribution < -0.4 is 18.9 Å². The van der Waals surface area contributed by atoms with E-state index in [1.54, 1.807) is 12.1 Å². The SMILES string of the molecule is OC[C@H](c1ccc2c(c1)OCO2)N(CCc1nnc2ccccn12)C[C@H](O)c1ccc2c(c1)OCO2. The van der Waals surface area contributed by atoms with Crippen LogP contribution in [-0.4, -0.2) is 63.0 Å². The lowest BCUT2D eigenvalue weighted by Gasteiger charge is -2.32. The van der Waals surface area contributed by atoms with Crippen LogP contribution in [0, 0.1) is 0 Å². The number of rotatable bonds is 9. The van der Waals surface area contributed by atoms with Crippen molar-refractivity contribution in [2.45, 2.75) is 18.6 Å². The molecule has 0 fully saturated rings. The lowest BCUT2D eigenvalue weighted by molar-refractivity contribution is 0.0615. The monoisotopic (exact) mass is 490 g/mol. The van der Waals surface area contributed by atoms with E-state index >= 15 is 0 Å². The second-order valence-corrected chi connectivity index (χ2v) is 8.73. The lowest BCUT2D eigenvalue weighted by atomic mass is 10.0. The third kappa shape index (κ3) is 4.30. The van der Waals surface area contributed by atoms with Crippen LogP contribution in [0.4, 0.5) is 0 Å². The van der Waals surface area contributed by atoms with Crippen LogP contribution in [-0.2, 0) is 6.42 Å². The first-order chi connectivity index (χ1) is 17.7. The summed E-state index contributed by atoms with van der Waals surface area (Å²) in [6, 6.07) is 16.4. The zero-order valence-electron chi connectivity index (χ0n) is 19.5. The zero-order chi connectivity index (χ0) is 24.5. The maximum absolute atomic E-state index is 11.2. The summed E-state index contributed by atoms with van der Waals surface area (Å²) in [6.07, 6.45) is 1.68. The summed E-state index contributed by atoms with van der Waals surface area (Å²) in [5.41, 5.74) is 2.35. The first kappa shape index (κ1) is 22.6. The number of hydrogen-bond acceptors (Lipinski definition) is 9. The van der Waals surface area contributed by atoms with E-state index in [0.717, 1.165) is 17.0 Å². The van der Waals surface area contributed by atoms with Gasteiger partial charge >= 0.3 is 0 Å². The first-order valence-corrected chi connectivity index (χ1v) is 11.8. The van der Waals surface area contributed by atoms with Crippen molar-refractivity contribution in [1.29, 1.82) is 0 Å². The van der Waals surface area contributed by atoms with Gasteiger partial charge in [0.25, 0.3) is 0 Å². The molecule has 10 nitrogen and oxygen atoms in total.